The smallest absolute Gasteiger partial charge is 0.343 e. The summed E-state index contributed by atoms with van der Waals surface area (Å²) in [6, 6.07) is 16.9. The lowest BCUT2D eigenvalue weighted by molar-refractivity contribution is -0.154. The minimum Gasteiger partial charge on any atom is -0.423 e. The highest BCUT2D eigenvalue weighted by Crippen LogP contribution is 2.43. The predicted molar refractivity (Wildman–Crippen MR) is 168 cm³/mol. The van der Waals surface area contributed by atoms with Crippen LogP contribution in [0.25, 0.3) is 0 Å². The summed E-state index contributed by atoms with van der Waals surface area (Å²) in [5, 5.41) is 2.00. The number of esters is 1. The van der Waals surface area contributed by atoms with Crippen molar-refractivity contribution in [1.29, 1.82) is 0 Å². The first-order chi connectivity index (χ1) is 20.4. The molecule has 1 aliphatic carbocycles. The van der Waals surface area contributed by atoms with Gasteiger partial charge in [-0.05, 0) is 74.4 Å². The number of hydrogen-bond acceptors (Lipinski definition) is 6. The summed E-state index contributed by atoms with van der Waals surface area (Å²) in [5.41, 5.74) is 1.61. The molecule has 1 saturated heterocycles. The molecule has 1 saturated carbocycles. The Kier molecular flexibility index (Phi) is 9.41. The van der Waals surface area contributed by atoms with Gasteiger partial charge in [0.1, 0.15) is 12.3 Å². The number of benzene rings is 3. The fraction of sp³-hybridized carbons (Fsp3) is 0.258. The van der Waals surface area contributed by atoms with Gasteiger partial charge in [-0.1, -0.05) is 72.8 Å². The summed E-state index contributed by atoms with van der Waals surface area (Å²) in [5.74, 6) is -4.00. The van der Waals surface area contributed by atoms with Gasteiger partial charge in [0.2, 0.25) is 0 Å². The second kappa shape index (κ2) is 12.9. The van der Waals surface area contributed by atoms with E-state index in [9.17, 15) is 24.0 Å². The molecular weight excluding hydrogens is 727 g/mol. The molecule has 3 aromatic carbocycles. The van der Waals surface area contributed by atoms with Crippen LogP contribution in [0.3, 0.4) is 0 Å². The average Bonchev–Trinajstić information content (AvgIpc) is 3.21. The Morgan fingerprint density at radius 2 is 1.35 bits per heavy atom. The summed E-state index contributed by atoms with van der Waals surface area (Å²) in [6.07, 6.45) is 0.792. The van der Waals surface area contributed by atoms with Crippen molar-refractivity contribution < 1.29 is 28.7 Å². The highest BCUT2D eigenvalue weighted by Gasteiger charge is 2.54. The first-order valence-corrected chi connectivity index (χ1v) is 15.9. The number of hydrazine groups is 1. The van der Waals surface area contributed by atoms with Crippen LogP contribution in [0.1, 0.15) is 49.5 Å². The van der Waals surface area contributed by atoms with E-state index in [1.165, 1.54) is 42.5 Å². The topological polar surface area (TPSA) is 101 Å². The van der Waals surface area contributed by atoms with Gasteiger partial charge in [0.05, 0.1) is 27.4 Å². The molecule has 4 atom stereocenters. The van der Waals surface area contributed by atoms with E-state index in [-0.39, 0.29) is 36.6 Å². The molecule has 43 heavy (non-hydrogen) atoms. The molecule has 222 valence electrons. The Morgan fingerprint density at radius 3 is 1.91 bits per heavy atom. The summed E-state index contributed by atoms with van der Waals surface area (Å²) < 4.78 is 5.41. The molecule has 0 spiro atoms. The van der Waals surface area contributed by atoms with Crippen LogP contribution in [0.4, 0.5) is 0 Å². The van der Waals surface area contributed by atoms with Gasteiger partial charge in [-0.15, -0.1) is 0 Å². The standard InChI is InChI=1S/C31H24Br2Cl2N2O6/c1-16-2-4-18(5-3-16)31(42)43-20-9-6-17(7-10-20)27(38)15-36(28(39)19-8-11-25(34)26(35)12-19)37-29(40)21-13-23(32)24(33)14-22(21)30(37)41/h2-12,21-24H,13-15H2,1H3/t21-,22-,23+,24+/m1/s1. The summed E-state index contributed by atoms with van der Waals surface area (Å²) in [4.78, 5) is 66.8. The van der Waals surface area contributed by atoms with Crippen molar-refractivity contribution in [3.63, 3.8) is 0 Å². The van der Waals surface area contributed by atoms with E-state index in [4.69, 9.17) is 27.9 Å². The van der Waals surface area contributed by atoms with Crippen molar-refractivity contribution in [3.05, 3.63) is 99.0 Å². The quantitative estimate of drug-likeness (QED) is 0.0879. The van der Waals surface area contributed by atoms with E-state index < -0.39 is 47.9 Å². The number of imide groups is 1. The number of carbonyl (C=O) groups excluding carboxylic acids is 5. The number of alkyl halides is 2. The third kappa shape index (κ3) is 6.57. The van der Waals surface area contributed by atoms with E-state index in [2.05, 4.69) is 31.9 Å². The van der Waals surface area contributed by atoms with Crippen LogP contribution in [0.15, 0.2) is 66.7 Å². The molecule has 3 amide bonds. The van der Waals surface area contributed by atoms with Crippen LogP contribution in [0.2, 0.25) is 10.0 Å². The zero-order chi connectivity index (χ0) is 31.0. The van der Waals surface area contributed by atoms with Gasteiger partial charge in [0.25, 0.3) is 17.7 Å². The lowest BCUT2D eigenvalue weighted by Crippen LogP contribution is -2.52. The van der Waals surface area contributed by atoms with Gasteiger partial charge in [-0.2, -0.15) is 5.01 Å². The molecule has 2 fully saturated rings. The van der Waals surface area contributed by atoms with E-state index in [0.29, 0.717) is 18.4 Å². The van der Waals surface area contributed by atoms with Crippen molar-refractivity contribution in [1.82, 2.24) is 10.0 Å². The van der Waals surface area contributed by atoms with Gasteiger partial charge in [-0.3, -0.25) is 19.2 Å². The molecule has 12 heteroatoms. The van der Waals surface area contributed by atoms with Crippen LogP contribution in [0, 0.1) is 18.8 Å². The molecule has 0 radical (unpaired) electrons. The monoisotopic (exact) mass is 748 g/mol. The molecule has 3 aromatic rings. The maximum absolute atomic E-state index is 13.8. The predicted octanol–water partition coefficient (Wildman–Crippen LogP) is 6.68. The summed E-state index contributed by atoms with van der Waals surface area (Å²) in [7, 11) is 0. The lowest BCUT2D eigenvalue weighted by atomic mass is 9.81. The van der Waals surface area contributed by atoms with Gasteiger partial charge >= 0.3 is 5.97 Å². The number of ether oxygens (including phenoxy) is 1. The molecule has 2 aliphatic rings. The summed E-state index contributed by atoms with van der Waals surface area (Å²) >= 11 is 19.3. The number of ketones is 1. The van der Waals surface area contributed by atoms with Crippen LogP contribution in [-0.2, 0) is 9.59 Å². The Hall–Kier alpha value is -3.05. The summed E-state index contributed by atoms with van der Waals surface area (Å²) in [6.45, 7) is 1.30. The minimum atomic E-state index is -0.762. The molecule has 0 bridgehead atoms. The number of nitrogens with zero attached hydrogens (tertiary/aromatic N) is 2. The Balaban J connectivity index is 1.39. The molecule has 8 nitrogen and oxygen atoms in total. The molecule has 1 aliphatic heterocycles. The normalized spacial score (nSPS) is 21.4. The molecule has 0 unspecified atom stereocenters. The highest BCUT2D eigenvalue weighted by atomic mass is 79.9. The maximum atomic E-state index is 13.8. The Bertz CT molecular complexity index is 1590. The first-order valence-electron chi connectivity index (χ1n) is 13.3. The highest BCUT2D eigenvalue weighted by molar-refractivity contribution is 9.12. The molecule has 1 heterocycles. The number of rotatable bonds is 7. The first kappa shape index (κ1) is 31.4. The van der Waals surface area contributed by atoms with E-state index in [0.717, 1.165) is 15.6 Å². The largest absolute Gasteiger partial charge is 0.423 e. The van der Waals surface area contributed by atoms with Crippen molar-refractivity contribution in [2.45, 2.75) is 29.4 Å². The number of fused-ring (bicyclic) bond motifs is 1. The van der Waals surface area contributed by atoms with Crippen molar-refractivity contribution in [2.24, 2.45) is 11.8 Å². The minimum absolute atomic E-state index is 0.0371. The average molecular weight is 751 g/mol. The zero-order valence-electron chi connectivity index (χ0n) is 22.6. The van der Waals surface area contributed by atoms with Crippen molar-refractivity contribution >= 4 is 84.5 Å². The van der Waals surface area contributed by atoms with Gasteiger partial charge in [0.15, 0.2) is 5.78 Å². The fourth-order valence-corrected chi connectivity index (χ4v) is 6.65. The number of hydrogen-bond donors (Lipinski definition) is 0. The SMILES string of the molecule is Cc1ccc(C(=O)Oc2ccc(C(=O)CN(C(=O)c3ccc(Cl)c(Cl)c3)N3C(=O)[C@@H]4C[C@H](Br)[C@@H](Br)C[C@H]4C3=O)cc2)cc1. The Morgan fingerprint density at radius 1 is 0.814 bits per heavy atom. The number of aryl methyl sites for hydroxylation is 1. The second-order valence-corrected chi connectivity index (χ2v) is 13.6. The fourth-order valence-electron chi connectivity index (χ4n) is 5.12. The van der Waals surface area contributed by atoms with Crippen LogP contribution >= 0.6 is 55.1 Å². The number of carbonyl (C=O) groups is 5. The molecule has 0 N–H and O–H groups in total. The van der Waals surface area contributed by atoms with Gasteiger partial charge < -0.3 is 4.74 Å². The maximum Gasteiger partial charge on any atom is 0.343 e. The van der Waals surface area contributed by atoms with E-state index in [1.807, 2.05) is 6.92 Å². The third-order valence-electron chi connectivity index (χ3n) is 7.50. The Labute approximate surface area is 274 Å². The van der Waals surface area contributed by atoms with Crippen molar-refractivity contribution in [3.8, 4) is 5.75 Å². The number of Topliss-reactive ketones (excluding diaryl/α,β-unsaturated/α-hetero) is 1. The number of amides is 3. The lowest BCUT2D eigenvalue weighted by Gasteiger charge is -2.30. The third-order valence-corrected chi connectivity index (χ3v) is 11.0. The van der Waals surface area contributed by atoms with E-state index in [1.54, 1.807) is 24.3 Å². The van der Waals surface area contributed by atoms with Gasteiger partial charge in [0, 0.05) is 20.8 Å². The van der Waals surface area contributed by atoms with E-state index >= 15 is 0 Å². The molecule has 0 aromatic heterocycles. The van der Waals surface area contributed by atoms with Crippen LogP contribution in [-0.4, -0.2) is 55.7 Å². The molecule has 5 rings (SSSR count). The van der Waals surface area contributed by atoms with Crippen LogP contribution < -0.4 is 4.74 Å². The number of halogens is 4. The second-order valence-electron chi connectivity index (χ2n) is 10.4. The van der Waals surface area contributed by atoms with Gasteiger partial charge in [-0.25, -0.2) is 9.80 Å². The van der Waals surface area contributed by atoms with Crippen LogP contribution in [0.5, 0.6) is 5.75 Å². The molecular formula is C31H24Br2Cl2N2O6. The zero-order valence-corrected chi connectivity index (χ0v) is 27.3. The van der Waals surface area contributed by atoms with Crippen molar-refractivity contribution in [2.75, 3.05) is 6.54 Å².